The average Bonchev–Trinajstić information content (AvgIpc) is 3.34. The molecule has 1 amide bonds. The third kappa shape index (κ3) is 3.55. The third-order valence-electron chi connectivity index (χ3n) is 7.56. The summed E-state index contributed by atoms with van der Waals surface area (Å²) in [6.07, 6.45) is 4.56. The summed E-state index contributed by atoms with van der Waals surface area (Å²) in [7, 11) is -3.28. The smallest absolute Gasteiger partial charge is 0.229 e. The molecule has 7 heteroatoms. The second kappa shape index (κ2) is 6.99. The van der Waals surface area contributed by atoms with E-state index in [4.69, 9.17) is 0 Å². The van der Waals surface area contributed by atoms with Crippen molar-refractivity contribution in [2.45, 2.75) is 51.7 Å². The molecule has 2 saturated carbocycles. The van der Waals surface area contributed by atoms with Gasteiger partial charge in [-0.1, -0.05) is 20.8 Å². The highest BCUT2D eigenvalue weighted by Crippen LogP contribution is 2.53. The van der Waals surface area contributed by atoms with Crippen LogP contribution in [0.1, 0.15) is 46.5 Å². The number of rotatable bonds is 6. The Morgan fingerprint density at radius 2 is 1.67 bits per heavy atom. The van der Waals surface area contributed by atoms with Gasteiger partial charge in [0, 0.05) is 45.8 Å². The number of hydrogen-bond acceptors (Lipinski definition) is 4. The van der Waals surface area contributed by atoms with Gasteiger partial charge in [0.1, 0.15) is 5.25 Å². The first-order chi connectivity index (χ1) is 12.7. The average molecular weight is 398 g/mol. The van der Waals surface area contributed by atoms with Crippen molar-refractivity contribution < 1.29 is 13.2 Å². The first kappa shape index (κ1) is 19.6. The Hall–Kier alpha value is -0.660. The lowest BCUT2D eigenvalue weighted by Gasteiger charge is -2.45. The zero-order valence-corrected chi connectivity index (χ0v) is 17.9. The molecule has 6 nitrogen and oxygen atoms in total. The summed E-state index contributed by atoms with van der Waals surface area (Å²) in [6.45, 7) is 11.3. The molecular weight excluding hydrogens is 362 g/mol. The summed E-state index contributed by atoms with van der Waals surface area (Å²) < 4.78 is 27.6. The Morgan fingerprint density at radius 1 is 1.07 bits per heavy atom. The molecule has 154 valence electrons. The van der Waals surface area contributed by atoms with E-state index in [-0.39, 0.29) is 11.3 Å². The molecule has 27 heavy (non-hydrogen) atoms. The van der Waals surface area contributed by atoms with Crippen LogP contribution in [0, 0.1) is 23.2 Å². The predicted molar refractivity (Wildman–Crippen MR) is 106 cm³/mol. The van der Waals surface area contributed by atoms with Gasteiger partial charge >= 0.3 is 0 Å². The Kier molecular flexibility index (Phi) is 5.09. The first-order valence-corrected chi connectivity index (χ1v) is 12.2. The summed E-state index contributed by atoms with van der Waals surface area (Å²) in [5, 5.41) is -0.400. The van der Waals surface area contributed by atoms with Gasteiger partial charge in [-0.25, -0.2) is 8.42 Å². The van der Waals surface area contributed by atoms with Crippen LogP contribution in [0.2, 0.25) is 0 Å². The van der Waals surface area contributed by atoms with Crippen molar-refractivity contribution in [2.24, 2.45) is 23.2 Å². The summed E-state index contributed by atoms with van der Waals surface area (Å²) in [6, 6.07) is 0. The van der Waals surface area contributed by atoms with E-state index in [9.17, 15) is 13.2 Å². The zero-order valence-electron chi connectivity index (χ0n) is 17.1. The Bertz CT molecular complexity index is 669. The van der Waals surface area contributed by atoms with Gasteiger partial charge in [0.25, 0.3) is 0 Å². The SMILES string of the molecule is CC1CC(CN2CCN(S(=O)(=O)C3CN(C(=O)C4(C(C)C)CC4)C3)CC2)C1. The second-order valence-electron chi connectivity index (χ2n) is 9.83. The van der Waals surface area contributed by atoms with Gasteiger partial charge in [-0.05, 0) is 43.4 Å². The molecule has 0 bridgehead atoms. The van der Waals surface area contributed by atoms with E-state index in [1.807, 2.05) is 0 Å². The number of sulfonamides is 1. The maximum atomic E-state index is 12.9. The van der Waals surface area contributed by atoms with Crippen LogP contribution in [-0.2, 0) is 14.8 Å². The minimum absolute atomic E-state index is 0.184. The van der Waals surface area contributed by atoms with Gasteiger partial charge in [0.2, 0.25) is 15.9 Å². The summed E-state index contributed by atoms with van der Waals surface area (Å²) in [4.78, 5) is 16.9. The fraction of sp³-hybridized carbons (Fsp3) is 0.950. The number of nitrogens with zero attached hydrogens (tertiary/aromatic N) is 3. The lowest BCUT2D eigenvalue weighted by atomic mass is 9.76. The lowest BCUT2D eigenvalue weighted by Crippen LogP contribution is -2.63. The Labute approximate surface area is 164 Å². The summed E-state index contributed by atoms with van der Waals surface area (Å²) in [5.74, 6) is 2.20. The van der Waals surface area contributed by atoms with Crippen molar-refractivity contribution in [2.75, 3.05) is 45.8 Å². The third-order valence-corrected chi connectivity index (χ3v) is 9.78. The van der Waals surface area contributed by atoms with Crippen LogP contribution < -0.4 is 0 Å². The van der Waals surface area contributed by atoms with Crippen LogP contribution in [0.3, 0.4) is 0 Å². The number of likely N-dealkylation sites (tertiary alicyclic amines) is 1. The highest BCUT2D eigenvalue weighted by atomic mass is 32.2. The molecule has 0 N–H and O–H groups in total. The van der Waals surface area contributed by atoms with Crippen LogP contribution >= 0.6 is 0 Å². The molecular formula is C20H35N3O3S. The molecule has 4 fully saturated rings. The topological polar surface area (TPSA) is 60.9 Å². The van der Waals surface area contributed by atoms with Crippen molar-refractivity contribution in [3.63, 3.8) is 0 Å². The van der Waals surface area contributed by atoms with E-state index in [0.29, 0.717) is 32.1 Å². The van der Waals surface area contributed by atoms with E-state index < -0.39 is 15.3 Å². The van der Waals surface area contributed by atoms with Crippen molar-refractivity contribution in [3.05, 3.63) is 0 Å². The molecule has 0 aromatic rings. The van der Waals surface area contributed by atoms with Crippen molar-refractivity contribution in [3.8, 4) is 0 Å². The molecule has 4 rings (SSSR count). The largest absolute Gasteiger partial charge is 0.339 e. The fourth-order valence-electron chi connectivity index (χ4n) is 5.24. The van der Waals surface area contributed by atoms with Gasteiger partial charge in [-0.15, -0.1) is 0 Å². The quantitative estimate of drug-likeness (QED) is 0.683. The minimum Gasteiger partial charge on any atom is -0.339 e. The number of amides is 1. The first-order valence-electron chi connectivity index (χ1n) is 10.7. The van der Waals surface area contributed by atoms with Crippen LogP contribution in [-0.4, -0.2) is 79.5 Å². The summed E-state index contributed by atoms with van der Waals surface area (Å²) >= 11 is 0. The Balaban J connectivity index is 1.25. The maximum absolute atomic E-state index is 12.9. The molecule has 0 atom stereocenters. The van der Waals surface area contributed by atoms with Gasteiger partial charge < -0.3 is 9.80 Å². The van der Waals surface area contributed by atoms with Crippen LogP contribution in [0.5, 0.6) is 0 Å². The second-order valence-corrected chi connectivity index (χ2v) is 12.0. The standard InChI is InChI=1S/C20H35N3O3S/c1-15(2)20(4-5-20)19(24)22-13-18(14-22)27(25,26)23-8-6-21(7-9-23)12-17-10-16(3)11-17/h15-18H,4-14H2,1-3H3. The molecule has 2 heterocycles. The van der Waals surface area contributed by atoms with E-state index in [1.165, 1.54) is 12.8 Å². The minimum atomic E-state index is -3.28. The van der Waals surface area contributed by atoms with E-state index in [0.717, 1.165) is 44.3 Å². The van der Waals surface area contributed by atoms with Crippen LogP contribution in [0.4, 0.5) is 0 Å². The molecule has 2 aliphatic carbocycles. The molecule has 0 spiro atoms. The molecule has 0 aromatic heterocycles. The van der Waals surface area contributed by atoms with Crippen LogP contribution in [0.15, 0.2) is 0 Å². The van der Waals surface area contributed by atoms with E-state index >= 15 is 0 Å². The monoisotopic (exact) mass is 397 g/mol. The Morgan fingerprint density at radius 3 is 2.15 bits per heavy atom. The molecule has 2 saturated heterocycles. The molecule has 4 aliphatic rings. The molecule has 0 radical (unpaired) electrons. The lowest BCUT2D eigenvalue weighted by molar-refractivity contribution is -0.142. The van der Waals surface area contributed by atoms with Gasteiger partial charge in [-0.2, -0.15) is 4.31 Å². The van der Waals surface area contributed by atoms with Gasteiger partial charge in [-0.3, -0.25) is 4.79 Å². The van der Waals surface area contributed by atoms with Crippen molar-refractivity contribution in [1.82, 2.24) is 14.1 Å². The van der Waals surface area contributed by atoms with Crippen LogP contribution in [0.25, 0.3) is 0 Å². The number of carbonyl (C=O) groups is 1. The van der Waals surface area contributed by atoms with E-state index in [2.05, 4.69) is 25.7 Å². The van der Waals surface area contributed by atoms with E-state index in [1.54, 1.807) is 9.21 Å². The number of piperazine rings is 1. The fourth-order valence-corrected chi connectivity index (χ4v) is 7.07. The van der Waals surface area contributed by atoms with Gasteiger partial charge in [0.15, 0.2) is 0 Å². The normalized spacial score (nSPS) is 32.2. The van der Waals surface area contributed by atoms with Crippen molar-refractivity contribution >= 4 is 15.9 Å². The maximum Gasteiger partial charge on any atom is 0.229 e. The molecule has 0 aromatic carbocycles. The zero-order chi connectivity index (χ0) is 19.4. The molecule has 2 aliphatic heterocycles. The number of hydrogen-bond donors (Lipinski definition) is 0. The number of carbonyl (C=O) groups excluding carboxylic acids is 1. The molecule has 0 unspecified atom stereocenters. The highest BCUT2D eigenvalue weighted by Gasteiger charge is 2.56. The van der Waals surface area contributed by atoms with Gasteiger partial charge in [0.05, 0.1) is 5.41 Å². The highest BCUT2D eigenvalue weighted by molar-refractivity contribution is 7.89. The predicted octanol–water partition coefficient (Wildman–Crippen LogP) is 1.63. The van der Waals surface area contributed by atoms with Crippen molar-refractivity contribution in [1.29, 1.82) is 0 Å². The summed E-state index contributed by atoms with van der Waals surface area (Å²) in [5.41, 5.74) is -0.195.